The zero-order valence-electron chi connectivity index (χ0n) is 11.6. The molecule has 1 N–H and O–H groups in total. The largest absolute Gasteiger partial charge is 0.481 e. The Morgan fingerprint density at radius 3 is 2.73 bits per heavy atom. The minimum Gasteiger partial charge on any atom is -0.481 e. The molecule has 0 saturated heterocycles. The van der Waals surface area contributed by atoms with Crippen LogP contribution in [-0.2, 0) is 11.2 Å². The predicted octanol–water partition coefficient (Wildman–Crippen LogP) is 3.36. The first kappa shape index (κ1) is 16.2. The van der Waals surface area contributed by atoms with E-state index in [1.807, 2.05) is 18.2 Å². The molecular formula is C16H14ClF2NO2. The summed E-state index contributed by atoms with van der Waals surface area (Å²) < 4.78 is 31.0. The average molecular weight is 326 g/mol. The molecule has 0 bridgehead atoms. The quantitative estimate of drug-likeness (QED) is 0.884. The van der Waals surface area contributed by atoms with Crippen LogP contribution in [0.5, 0.6) is 5.75 Å². The first-order chi connectivity index (χ1) is 10.5. The molecule has 0 aromatic heterocycles. The molecule has 0 saturated carbocycles. The summed E-state index contributed by atoms with van der Waals surface area (Å²) in [4.78, 5) is 11.6. The molecule has 116 valence electrons. The smallest absolute Gasteiger partial charge is 0.257 e. The van der Waals surface area contributed by atoms with Crippen LogP contribution in [0.4, 0.5) is 8.78 Å². The molecule has 0 unspecified atom stereocenters. The van der Waals surface area contributed by atoms with Gasteiger partial charge in [0.2, 0.25) is 0 Å². The molecule has 2 aromatic carbocycles. The van der Waals surface area contributed by atoms with Crippen LogP contribution in [0.3, 0.4) is 0 Å². The van der Waals surface area contributed by atoms with Gasteiger partial charge < -0.3 is 10.1 Å². The molecule has 0 aliphatic rings. The maximum atomic E-state index is 13.3. The third kappa shape index (κ3) is 5.00. The third-order valence-corrected chi connectivity index (χ3v) is 3.11. The topological polar surface area (TPSA) is 38.3 Å². The SMILES string of the molecule is O=C(COc1ccc(F)cc1F)NCCc1cccc(Cl)c1. The van der Waals surface area contributed by atoms with Crippen molar-refractivity contribution in [2.24, 2.45) is 0 Å². The van der Waals surface area contributed by atoms with E-state index in [0.717, 1.165) is 17.7 Å². The fourth-order valence-corrected chi connectivity index (χ4v) is 2.04. The first-order valence-electron chi connectivity index (χ1n) is 6.63. The van der Waals surface area contributed by atoms with Crippen molar-refractivity contribution in [3.05, 3.63) is 64.7 Å². The molecule has 1 amide bonds. The zero-order chi connectivity index (χ0) is 15.9. The van der Waals surface area contributed by atoms with E-state index in [1.165, 1.54) is 0 Å². The van der Waals surface area contributed by atoms with Gasteiger partial charge in [-0.05, 0) is 36.2 Å². The Balaban J connectivity index is 1.74. The summed E-state index contributed by atoms with van der Waals surface area (Å²) in [5, 5.41) is 3.29. The van der Waals surface area contributed by atoms with Crippen LogP contribution in [0.1, 0.15) is 5.56 Å². The van der Waals surface area contributed by atoms with Crippen LogP contribution < -0.4 is 10.1 Å². The lowest BCUT2D eigenvalue weighted by molar-refractivity contribution is -0.123. The maximum absolute atomic E-state index is 13.3. The summed E-state index contributed by atoms with van der Waals surface area (Å²) in [6.07, 6.45) is 0.622. The van der Waals surface area contributed by atoms with Gasteiger partial charge in [-0.25, -0.2) is 8.78 Å². The molecule has 0 aliphatic heterocycles. The highest BCUT2D eigenvalue weighted by Gasteiger charge is 2.07. The van der Waals surface area contributed by atoms with Crippen molar-refractivity contribution < 1.29 is 18.3 Å². The number of hydrogen-bond donors (Lipinski definition) is 1. The lowest BCUT2D eigenvalue weighted by atomic mass is 10.1. The summed E-state index contributed by atoms with van der Waals surface area (Å²) in [7, 11) is 0. The average Bonchev–Trinajstić information content (AvgIpc) is 2.46. The number of carbonyl (C=O) groups is 1. The van der Waals surface area contributed by atoms with E-state index >= 15 is 0 Å². The second kappa shape index (κ2) is 7.75. The summed E-state index contributed by atoms with van der Waals surface area (Å²) >= 11 is 5.86. The molecule has 0 fully saturated rings. The monoisotopic (exact) mass is 325 g/mol. The van der Waals surface area contributed by atoms with Crippen molar-refractivity contribution in [1.29, 1.82) is 0 Å². The highest BCUT2D eigenvalue weighted by Crippen LogP contribution is 2.17. The van der Waals surface area contributed by atoms with E-state index < -0.39 is 11.6 Å². The maximum Gasteiger partial charge on any atom is 0.257 e. The summed E-state index contributed by atoms with van der Waals surface area (Å²) in [6, 6.07) is 10.2. The number of benzene rings is 2. The molecule has 0 spiro atoms. The molecule has 22 heavy (non-hydrogen) atoms. The first-order valence-corrected chi connectivity index (χ1v) is 7.01. The Morgan fingerprint density at radius 2 is 2.00 bits per heavy atom. The third-order valence-electron chi connectivity index (χ3n) is 2.88. The van der Waals surface area contributed by atoms with Crippen molar-refractivity contribution >= 4 is 17.5 Å². The molecule has 2 rings (SSSR count). The lowest BCUT2D eigenvalue weighted by Gasteiger charge is -2.08. The van der Waals surface area contributed by atoms with Crippen molar-refractivity contribution in [3.63, 3.8) is 0 Å². The molecule has 2 aromatic rings. The summed E-state index contributed by atoms with van der Waals surface area (Å²) in [6.45, 7) is 0.0759. The summed E-state index contributed by atoms with van der Waals surface area (Å²) in [5.41, 5.74) is 0.998. The van der Waals surface area contributed by atoms with Gasteiger partial charge in [-0.2, -0.15) is 0 Å². The Hall–Kier alpha value is -2.14. The van der Waals surface area contributed by atoms with E-state index in [2.05, 4.69) is 5.32 Å². The van der Waals surface area contributed by atoms with Crippen LogP contribution in [0, 0.1) is 11.6 Å². The van der Waals surface area contributed by atoms with Crippen LogP contribution in [-0.4, -0.2) is 19.1 Å². The standard InChI is InChI=1S/C16H14ClF2NO2/c17-12-3-1-2-11(8-12)6-7-20-16(21)10-22-15-5-4-13(18)9-14(15)19/h1-5,8-9H,6-7,10H2,(H,20,21). The number of halogens is 3. The van der Waals surface area contributed by atoms with Crippen molar-refractivity contribution in [2.45, 2.75) is 6.42 Å². The minimum atomic E-state index is -0.841. The van der Waals surface area contributed by atoms with Crippen molar-refractivity contribution in [1.82, 2.24) is 5.32 Å². The van der Waals surface area contributed by atoms with E-state index in [4.69, 9.17) is 16.3 Å². The number of amides is 1. The Labute approximate surface area is 131 Å². The van der Waals surface area contributed by atoms with Gasteiger partial charge in [-0.15, -0.1) is 0 Å². The fourth-order valence-electron chi connectivity index (χ4n) is 1.83. The van der Waals surface area contributed by atoms with Gasteiger partial charge in [0.1, 0.15) is 5.82 Å². The number of ether oxygens (including phenoxy) is 1. The lowest BCUT2D eigenvalue weighted by Crippen LogP contribution is -2.30. The molecule has 0 radical (unpaired) electrons. The fraction of sp³-hybridized carbons (Fsp3) is 0.188. The van der Waals surface area contributed by atoms with Crippen molar-refractivity contribution in [2.75, 3.05) is 13.2 Å². The highest BCUT2D eigenvalue weighted by atomic mass is 35.5. The molecule has 0 heterocycles. The van der Waals surface area contributed by atoms with Crippen LogP contribution in [0.15, 0.2) is 42.5 Å². The van der Waals surface area contributed by atoms with Gasteiger partial charge >= 0.3 is 0 Å². The number of rotatable bonds is 6. The van der Waals surface area contributed by atoms with Gasteiger partial charge in [0.05, 0.1) is 0 Å². The van der Waals surface area contributed by atoms with Gasteiger partial charge in [-0.1, -0.05) is 23.7 Å². The van der Waals surface area contributed by atoms with Gasteiger partial charge in [-0.3, -0.25) is 4.79 Å². The second-order valence-corrected chi connectivity index (χ2v) is 5.03. The Bertz CT molecular complexity index is 664. The van der Waals surface area contributed by atoms with E-state index in [0.29, 0.717) is 24.1 Å². The Morgan fingerprint density at radius 1 is 1.18 bits per heavy atom. The van der Waals surface area contributed by atoms with Crippen molar-refractivity contribution in [3.8, 4) is 5.75 Å². The summed E-state index contributed by atoms with van der Waals surface area (Å²) in [5.74, 6) is -2.08. The zero-order valence-corrected chi connectivity index (χ0v) is 12.4. The van der Waals surface area contributed by atoms with Gasteiger partial charge in [0, 0.05) is 17.6 Å². The van der Waals surface area contributed by atoms with Gasteiger partial charge in [0.15, 0.2) is 18.2 Å². The van der Waals surface area contributed by atoms with E-state index in [1.54, 1.807) is 6.07 Å². The molecule has 6 heteroatoms. The minimum absolute atomic E-state index is 0.161. The molecule has 0 atom stereocenters. The number of nitrogens with one attached hydrogen (secondary N) is 1. The van der Waals surface area contributed by atoms with Crippen LogP contribution in [0.2, 0.25) is 5.02 Å². The van der Waals surface area contributed by atoms with E-state index in [-0.39, 0.29) is 18.3 Å². The normalized spacial score (nSPS) is 10.3. The van der Waals surface area contributed by atoms with Gasteiger partial charge in [0.25, 0.3) is 5.91 Å². The molecule has 3 nitrogen and oxygen atoms in total. The van der Waals surface area contributed by atoms with Crippen LogP contribution >= 0.6 is 11.6 Å². The molecule has 0 aliphatic carbocycles. The number of hydrogen-bond acceptors (Lipinski definition) is 2. The predicted molar refractivity (Wildman–Crippen MR) is 80.0 cm³/mol. The molecular weight excluding hydrogens is 312 g/mol. The Kier molecular flexibility index (Phi) is 5.72. The second-order valence-electron chi connectivity index (χ2n) is 4.59. The van der Waals surface area contributed by atoms with Crippen LogP contribution in [0.25, 0.3) is 0 Å². The highest BCUT2D eigenvalue weighted by molar-refractivity contribution is 6.30. The number of carbonyl (C=O) groups excluding carboxylic acids is 1. The van der Waals surface area contributed by atoms with E-state index in [9.17, 15) is 13.6 Å².